The fourth-order valence-electron chi connectivity index (χ4n) is 0.626. The van der Waals surface area contributed by atoms with Gasteiger partial charge in [-0.25, -0.2) is 4.79 Å². The van der Waals surface area contributed by atoms with Gasteiger partial charge in [0.05, 0.1) is 26.4 Å². The molecule has 0 fully saturated rings. The lowest BCUT2D eigenvalue weighted by Gasteiger charge is -1.95. The Kier molecular flexibility index (Phi) is 18.6. The fraction of sp³-hybridized carbons (Fsp3) is 0.875. The summed E-state index contributed by atoms with van der Waals surface area (Å²) in [5.41, 5.74) is 15.5. The van der Waals surface area contributed by atoms with Crippen LogP contribution in [0.3, 0.4) is 0 Å². The lowest BCUT2D eigenvalue weighted by Crippen LogP contribution is -2.08. The maximum atomic E-state index is 9.80. The van der Waals surface area contributed by atoms with Crippen LogP contribution < -0.4 is 0 Å². The third kappa shape index (κ3) is 25.9. The molecule has 0 rings (SSSR count). The molecular weight excluding hydrogens is 260 g/mol. The highest BCUT2D eigenvalue weighted by Crippen LogP contribution is 1.76. The van der Waals surface area contributed by atoms with Crippen LogP contribution in [0, 0.1) is 0 Å². The number of carbonyl (C=O) groups is 1. The SMILES string of the molecule is [N-]=[N+]=NCCOCC(=O)O.[N-]=[N+]=NCCOCCO. The van der Waals surface area contributed by atoms with Gasteiger partial charge in [0, 0.05) is 22.9 Å². The zero-order valence-corrected chi connectivity index (χ0v) is 10.3. The van der Waals surface area contributed by atoms with Crippen molar-refractivity contribution in [2.75, 3.05) is 46.1 Å². The molecule has 0 aliphatic rings. The Morgan fingerprint density at radius 3 is 2.00 bits per heavy atom. The second-order valence-corrected chi connectivity index (χ2v) is 2.69. The zero-order valence-electron chi connectivity index (χ0n) is 10.3. The van der Waals surface area contributed by atoms with Crippen LogP contribution in [-0.2, 0) is 14.3 Å². The Morgan fingerprint density at radius 1 is 1.05 bits per heavy atom. The van der Waals surface area contributed by atoms with Crippen LogP contribution in [0.15, 0.2) is 10.2 Å². The fourth-order valence-corrected chi connectivity index (χ4v) is 0.626. The molecule has 2 N–H and O–H groups in total. The molecule has 0 amide bonds. The smallest absolute Gasteiger partial charge is 0.329 e. The van der Waals surface area contributed by atoms with E-state index in [0.717, 1.165) is 0 Å². The number of rotatable bonds is 10. The molecule has 108 valence electrons. The summed E-state index contributed by atoms with van der Waals surface area (Å²) >= 11 is 0. The van der Waals surface area contributed by atoms with Crippen LogP contribution in [0.5, 0.6) is 0 Å². The van der Waals surface area contributed by atoms with Gasteiger partial charge in [-0.3, -0.25) is 0 Å². The van der Waals surface area contributed by atoms with Gasteiger partial charge in [0.1, 0.15) is 6.61 Å². The lowest BCUT2D eigenvalue weighted by atomic mass is 10.7. The first-order valence-electron chi connectivity index (χ1n) is 5.18. The average molecular weight is 276 g/mol. The standard InChI is InChI=1S/C4H7N3O3.C4H9N3O2/c5-7-6-1-2-10-3-4(8)9;5-7-6-1-3-9-4-2-8/h1-3H2,(H,8,9);8H,1-4H2. The van der Waals surface area contributed by atoms with Gasteiger partial charge < -0.3 is 19.7 Å². The van der Waals surface area contributed by atoms with Gasteiger partial charge in [0.15, 0.2) is 0 Å². The van der Waals surface area contributed by atoms with Crippen LogP contribution in [0.1, 0.15) is 0 Å². The van der Waals surface area contributed by atoms with Gasteiger partial charge in [0.2, 0.25) is 0 Å². The molecule has 11 nitrogen and oxygen atoms in total. The van der Waals surface area contributed by atoms with Crippen molar-refractivity contribution in [2.45, 2.75) is 0 Å². The minimum atomic E-state index is -1.03. The first kappa shape index (κ1) is 19.3. The number of carboxylic acid groups (broad SMARTS) is 1. The Morgan fingerprint density at radius 2 is 1.58 bits per heavy atom. The van der Waals surface area contributed by atoms with Gasteiger partial charge in [0.25, 0.3) is 0 Å². The summed E-state index contributed by atoms with van der Waals surface area (Å²) in [6, 6.07) is 0. The van der Waals surface area contributed by atoms with Crippen LogP contribution in [0.4, 0.5) is 0 Å². The second kappa shape index (κ2) is 18.3. The first-order valence-corrected chi connectivity index (χ1v) is 5.18. The Hall–Kier alpha value is -2.03. The van der Waals surface area contributed by atoms with Gasteiger partial charge in [-0.1, -0.05) is 10.2 Å². The number of aliphatic carboxylic acids is 1. The number of carboxylic acids is 1. The predicted octanol–water partition coefficient (Wildman–Crippen LogP) is 0.704. The normalized spacial score (nSPS) is 8.47. The first-order chi connectivity index (χ1) is 9.18. The van der Waals surface area contributed by atoms with E-state index in [2.05, 4.69) is 24.8 Å². The minimum absolute atomic E-state index is 0.0102. The van der Waals surface area contributed by atoms with Crippen LogP contribution >= 0.6 is 0 Å². The average Bonchev–Trinajstić information content (AvgIpc) is 2.39. The molecule has 0 aliphatic heterocycles. The number of nitrogens with zero attached hydrogens (tertiary/aromatic N) is 6. The van der Waals surface area contributed by atoms with Crippen molar-refractivity contribution in [3.05, 3.63) is 20.9 Å². The summed E-state index contributed by atoms with van der Waals surface area (Å²) < 4.78 is 9.30. The van der Waals surface area contributed by atoms with E-state index < -0.39 is 5.97 Å². The van der Waals surface area contributed by atoms with Crippen molar-refractivity contribution >= 4 is 5.97 Å². The molecule has 0 atom stereocenters. The summed E-state index contributed by atoms with van der Waals surface area (Å²) in [4.78, 5) is 14.8. The topological polar surface area (TPSA) is 174 Å². The molecule has 0 bridgehead atoms. The van der Waals surface area contributed by atoms with Crippen molar-refractivity contribution in [2.24, 2.45) is 10.2 Å². The minimum Gasteiger partial charge on any atom is -0.480 e. The molecule has 0 aromatic rings. The molecule has 19 heavy (non-hydrogen) atoms. The van der Waals surface area contributed by atoms with Crippen LogP contribution in [0.25, 0.3) is 20.9 Å². The van der Waals surface area contributed by atoms with E-state index >= 15 is 0 Å². The maximum absolute atomic E-state index is 9.80. The summed E-state index contributed by atoms with van der Waals surface area (Å²) in [5, 5.41) is 22.6. The molecule has 0 aliphatic carbocycles. The summed E-state index contributed by atoms with van der Waals surface area (Å²) in [5.74, 6) is -1.03. The largest absolute Gasteiger partial charge is 0.480 e. The van der Waals surface area contributed by atoms with Crippen molar-refractivity contribution < 1.29 is 24.5 Å². The Balaban J connectivity index is 0. The molecule has 0 saturated heterocycles. The summed E-state index contributed by atoms with van der Waals surface area (Å²) in [6.07, 6.45) is 0. The zero-order chi connectivity index (χ0) is 14.8. The van der Waals surface area contributed by atoms with Gasteiger partial charge in [-0.15, -0.1) is 0 Å². The molecule has 0 heterocycles. The van der Waals surface area contributed by atoms with E-state index in [0.29, 0.717) is 19.8 Å². The summed E-state index contributed by atoms with van der Waals surface area (Å²) in [6.45, 7) is 0.999. The molecule has 0 unspecified atom stereocenters. The summed E-state index contributed by atoms with van der Waals surface area (Å²) in [7, 11) is 0. The van der Waals surface area contributed by atoms with Crippen LogP contribution in [0.2, 0.25) is 0 Å². The van der Waals surface area contributed by atoms with Gasteiger partial charge in [-0.2, -0.15) is 0 Å². The Labute approximate surface area is 109 Å². The number of hydrogen-bond acceptors (Lipinski definition) is 6. The van der Waals surface area contributed by atoms with E-state index in [1.54, 1.807) is 0 Å². The van der Waals surface area contributed by atoms with Gasteiger partial charge in [-0.05, 0) is 11.1 Å². The van der Waals surface area contributed by atoms with E-state index in [4.69, 9.17) is 26.0 Å². The second-order valence-electron chi connectivity index (χ2n) is 2.69. The van der Waals surface area contributed by atoms with Crippen molar-refractivity contribution in [1.29, 1.82) is 0 Å². The molecule has 11 heteroatoms. The lowest BCUT2D eigenvalue weighted by molar-refractivity contribution is -0.142. The molecule has 0 radical (unpaired) electrons. The number of aliphatic hydroxyl groups is 1. The Bertz CT molecular complexity index is 309. The predicted molar refractivity (Wildman–Crippen MR) is 64.4 cm³/mol. The van der Waals surface area contributed by atoms with Crippen molar-refractivity contribution in [3.63, 3.8) is 0 Å². The number of ether oxygens (including phenoxy) is 2. The monoisotopic (exact) mass is 276 g/mol. The van der Waals surface area contributed by atoms with E-state index in [1.807, 2.05) is 0 Å². The maximum Gasteiger partial charge on any atom is 0.329 e. The third-order valence-corrected chi connectivity index (χ3v) is 1.26. The molecular formula is C8H16N6O5. The highest BCUT2D eigenvalue weighted by atomic mass is 16.5. The highest BCUT2D eigenvalue weighted by molar-refractivity contribution is 5.67. The van der Waals surface area contributed by atoms with Crippen molar-refractivity contribution in [1.82, 2.24) is 0 Å². The number of azide groups is 2. The van der Waals surface area contributed by atoms with E-state index in [1.165, 1.54) is 0 Å². The van der Waals surface area contributed by atoms with Gasteiger partial charge >= 0.3 is 5.97 Å². The third-order valence-electron chi connectivity index (χ3n) is 1.26. The quantitative estimate of drug-likeness (QED) is 0.258. The number of hydrogen-bond donors (Lipinski definition) is 2. The van der Waals surface area contributed by atoms with Crippen molar-refractivity contribution in [3.8, 4) is 0 Å². The van der Waals surface area contributed by atoms with E-state index in [9.17, 15) is 4.79 Å². The molecule has 0 spiro atoms. The number of aliphatic hydroxyl groups excluding tert-OH is 1. The molecule has 0 saturated carbocycles. The molecule has 0 aromatic carbocycles. The van der Waals surface area contributed by atoms with Crippen LogP contribution in [-0.4, -0.2) is 62.3 Å². The van der Waals surface area contributed by atoms with E-state index in [-0.39, 0.29) is 26.4 Å². The molecule has 0 aromatic heterocycles. The highest BCUT2D eigenvalue weighted by Gasteiger charge is 1.93.